The number of fused-ring (bicyclic) bond motifs is 2. The lowest BCUT2D eigenvalue weighted by atomic mass is 9.76. The summed E-state index contributed by atoms with van der Waals surface area (Å²) >= 11 is 0. The average molecular weight is 434 g/mol. The second-order valence-electron chi connectivity index (χ2n) is 10.2. The van der Waals surface area contributed by atoms with Crippen molar-refractivity contribution in [3.8, 4) is 11.4 Å². The molecule has 1 aromatic carbocycles. The van der Waals surface area contributed by atoms with Crippen LogP contribution in [0.4, 0.5) is 5.69 Å². The zero-order valence-electron chi connectivity index (χ0n) is 19.3. The second kappa shape index (κ2) is 7.50. The molecule has 2 amide bonds. The molecule has 7 heteroatoms. The molecular weight excluding hydrogens is 402 g/mol. The summed E-state index contributed by atoms with van der Waals surface area (Å²) in [6.07, 6.45) is 4.02. The highest BCUT2D eigenvalue weighted by Crippen LogP contribution is 2.38. The molecule has 1 aliphatic carbocycles. The van der Waals surface area contributed by atoms with Crippen molar-refractivity contribution < 1.29 is 9.59 Å². The van der Waals surface area contributed by atoms with Crippen molar-refractivity contribution >= 4 is 28.4 Å². The fraction of sp³-hybridized carbons (Fsp3) is 0.480. The van der Waals surface area contributed by atoms with Gasteiger partial charge in [0.15, 0.2) is 0 Å². The third-order valence-electron chi connectivity index (χ3n) is 7.17. The molecule has 0 saturated carbocycles. The number of aromatic nitrogens is 3. The molecular formula is C25H31N5O2. The van der Waals surface area contributed by atoms with E-state index >= 15 is 0 Å². The van der Waals surface area contributed by atoms with Gasteiger partial charge in [0.25, 0.3) is 0 Å². The van der Waals surface area contributed by atoms with Crippen LogP contribution in [0.2, 0.25) is 0 Å². The molecule has 1 aliphatic heterocycles. The minimum atomic E-state index is -0.0810. The molecule has 3 aromatic rings. The molecule has 1 unspecified atom stereocenters. The summed E-state index contributed by atoms with van der Waals surface area (Å²) in [6.45, 7) is 7.32. The summed E-state index contributed by atoms with van der Waals surface area (Å²) in [5.41, 5.74) is 6.64. The predicted molar refractivity (Wildman–Crippen MR) is 125 cm³/mol. The van der Waals surface area contributed by atoms with E-state index in [1.807, 2.05) is 25.1 Å². The number of likely N-dealkylation sites (tertiary alicyclic amines) is 1. The van der Waals surface area contributed by atoms with Crippen molar-refractivity contribution in [2.75, 3.05) is 25.0 Å². The first-order valence-corrected chi connectivity index (χ1v) is 11.5. The summed E-state index contributed by atoms with van der Waals surface area (Å²) in [5, 5.41) is 8.97. The van der Waals surface area contributed by atoms with Gasteiger partial charge in [0, 0.05) is 47.4 Å². The van der Waals surface area contributed by atoms with E-state index in [-0.39, 0.29) is 24.3 Å². The van der Waals surface area contributed by atoms with Gasteiger partial charge in [0.1, 0.15) is 12.2 Å². The fourth-order valence-corrected chi connectivity index (χ4v) is 4.99. The van der Waals surface area contributed by atoms with Gasteiger partial charge in [-0.3, -0.25) is 14.7 Å². The monoisotopic (exact) mass is 433 g/mol. The number of benzene rings is 1. The molecule has 3 heterocycles. The molecule has 0 bridgehead atoms. The number of aromatic amines is 2. The highest BCUT2D eigenvalue weighted by Gasteiger charge is 2.31. The molecule has 7 nitrogen and oxygen atoms in total. The Bertz CT molecular complexity index is 1200. The molecule has 32 heavy (non-hydrogen) atoms. The minimum absolute atomic E-state index is 0.0145. The van der Waals surface area contributed by atoms with Gasteiger partial charge in [-0.15, -0.1) is 0 Å². The molecule has 2 aromatic heterocycles. The van der Waals surface area contributed by atoms with Gasteiger partial charge >= 0.3 is 0 Å². The van der Waals surface area contributed by atoms with Crippen molar-refractivity contribution in [3.63, 3.8) is 0 Å². The smallest absolute Gasteiger partial charge is 0.246 e. The largest absolute Gasteiger partial charge is 0.353 e. The lowest BCUT2D eigenvalue weighted by Gasteiger charge is -2.28. The van der Waals surface area contributed by atoms with Gasteiger partial charge < -0.3 is 14.8 Å². The molecule has 1 atom stereocenters. The Morgan fingerprint density at radius 3 is 2.88 bits per heavy atom. The molecule has 0 radical (unpaired) electrons. The first kappa shape index (κ1) is 20.8. The van der Waals surface area contributed by atoms with Crippen LogP contribution < -0.4 is 4.90 Å². The van der Waals surface area contributed by atoms with Gasteiger partial charge in [-0.25, -0.2) is 0 Å². The van der Waals surface area contributed by atoms with Crippen molar-refractivity contribution in [3.05, 3.63) is 35.5 Å². The van der Waals surface area contributed by atoms with Crippen molar-refractivity contribution in [1.29, 1.82) is 0 Å². The van der Waals surface area contributed by atoms with Gasteiger partial charge in [-0.1, -0.05) is 26.8 Å². The number of hydrogen-bond acceptors (Lipinski definition) is 3. The summed E-state index contributed by atoms with van der Waals surface area (Å²) in [4.78, 5) is 31.8. The van der Waals surface area contributed by atoms with E-state index in [2.05, 4.69) is 35.1 Å². The number of hydrogen-bond donors (Lipinski definition) is 2. The van der Waals surface area contributed by atoms with Crippen LogP contribution in [0.3, 0.4) is 0 Å². The van der Waals surface area contributed by atoms with Crippen LogP contribution in [0.1, 0.15) is 44.9 Å². The summed E-state index contributed by atoms with van der Waals surface area (Å²) in [5.74, 6) is 0.00477. The number of amides is 2. The van der Waals surface area contributed by atoms with Crippen LogP contribution in [0.15, 0.2) is 24.3 Å². The fourth-order valence-electron chi connectivity index (χ4n) is 4.99. The Labute approximate surface area is 188 Å². The molecule has 168 valence electrons. The Kier molecular flexibility index (Phi) is 4.87. The lowest BCUT2D eigenvalue weighted by molar-refractivity contribution is -0.134. The number of carbonyl (C=O) groups is 2. The number of likely N-dealkylation sites (N-methyl/N-ethyl adjacent to an activating group) is 1. The topological polar surface area (TPSA) is 85.1 Å². The van der Waals surface area contributed by atoms with E-state index in [9.17, 15) is 9.59 Å². The van der Waals surface area contributed by atoms with Crippen molar-refractivity contribution in [2.45, 2.75) is 46.5 Å². The third-order valence-corrected chi connectivity index (χ3v) is 7.17. The second-order valence-corrected chi connectivity index (χ2v) is 10.2. The average Bonchev–Trinajstić information content (AvgIpc) is 3.44. The van der Waals surface area contributed by atoms with Crippen LogP contribution in [0, 0.1) is 11.3 Å². The Hall–Kier alpha value is -3.09. The standard InChI is InChI=1S/C25H31N5O2/c1-15-8-10-30(24(15)32)14-22(31)29(4)17-6-5-16-11-20(26-19(16)12-17)23-18-7-9-25(2,3)13-21(18)27-28-23/h5-6,11-12,15,26H,7-10,13-14H2,1-4H3,(H,27,28). The third kappa shape index (κ3) is 3.59. The van der Waals surface area contributed by atoms with Gasteiger partial charge in [-0.05, 0) is 49.3 Å². The first-order valence-electron chi connectivity index (χ1n) is 11.5. The van der Waals surface area contributed by atoms with Crippen LogP contribution >= 0.6 is 0 Å². The Morgan fingerprint density at radius 2 is 2.12 bits per heavy atom. The van der Waals surface area contributed by atoms with Crippen molar-refractivity contribution in [2.24, 2.45) is 11.3 Å². The maximum absolute atomic E-state index is 12.8. The number of nitrogens with one attached hydrogen (secondary N) is 2. The first-order chi connectivity index (χ1) is 15.2. The van der Waals surface area contributed by atoms with Crippen molar-refractivity contribution in [1.82, 2.24) is 20.1 Å². The zero-order valence-corrected chi connectivity index (χ0v) is 19.3. The zero-order chi connectivity index (χ0) is 22.6. The number of rotatable bonds is 4. The molecule has 1 fully saturated rings. The highest BCUT2D eigenvalue weighted by atomic mass is 16.2. The van der Waals surface area contributed by atoms with Gasteiger partial charge in [-0.2, -0.15) is 5.10 Å². The molecule has 2 aliphatic rings. The maximum atomic E-state index is 12.8. The quantitative estimate of drug-likeness (QED) is 0.654. The minimum Gasteiger partial charge on any atom is -0.353 e. The van der Waals surface area contributed by atoms with E-state index in [1.165, 1.54) is 11.3 Å². The van der Waals surface area contributed by atoms with Gasteiger partial charge in [0.2, 0.25) is 11.8 Å². The molecule has 0 spiro atoms. The van der Waals surface area contributed by atoms with Crippen LogP contribution in [-0.2, 0) is 22.4 Å². The van der Waals surface area contributed by atoms with Crippen LogP contribution in [-0.4, -0.2) is 52.0 Å². The molecule has 2 N–H and O–H groups in total. The van der Waals surface area contributed by atoms with E-state index in [0.717, 1.165) is 53.7 Å². The van der Waals surface area contributed by atoms with E-state index in [4.69, 9.17) is 0 Å². The Balaban J connectivity index is 1.37. The van der Waals surface area contributed by atoms with Gasteiger partial charge in [0.05, 0.1) is 5.69 Å². The summed E-state index contributed by atoms with van der Waals surface area (Å²) < 4.78 is 0. The summed E-state index contributed by atoms with van der Waals surface area (Å²) in [6, 6.07) is 8.10. The summed E-state index contributed by atoms with van der Waals surface area (Å²) in [7, 11) is 1.77. The maximum Gasteiger partial charge on any atom is 0.246 e. The van der Waals surface area contributed by atoms with E-state index in [1.54, 1.807) is 16.8 Å². The number of H-pyrrole nitrogens is 2. The number of anilines is 1. The SMILES string of the molecule is CC1CCN(CC(=O)N(C)c2ccc3cc(-c4n[nH]c5c4CCC(C)(C)C5)[nH]c3c2)C1=O. The Morgan fingerprint density at radius 1 is 1.31 bits per heavy atom. The lowest BCUT2D eigenvalue weighted by Crippen LogP contribution is -2.39. The van der Waals surface area contributed by atoms with E-state index in [0.29, 0.717) is 12.0 Å². The van der Waals surface area contributed by atoms with Crippen LogP contribution in [0.5, 0.6) is 0 Å². The van der Waals surface area contributed by atoms with Crippen LogP contribution in [0.25, 0.3) is 22.3 Å². The normalized spacial score (nSPS) is 20.1. The number of nitrogens with zero attached hydrogens (tertiary/aromatic N) is 3. The predicted octanol–water partition coefficient (Wildman–Crippen LogP) is 3.90. The van der Waals surface area contributed by atoms with E-state index < -0.39 is 0 Å². The molecule has 1 saturated heterocycles. The number of carbonyl (C=O) groups excluding carboxylic acids is 2. The highest BCUT2D eigenvalue weighted by molar-refractivity contribution is 5.99. The molecule has 5 rings (SSSR count).